The molecule has 1 aromatic rings. The smallest absolute Gasteiger partial charge is 0.236 e. The molecule has 0 radical (unpaired) electrons. The van der Waals surface area contributed by atoms with Crippen LogP contribution in [0.4, 0.5) is 5.69 Å². The highest BCUT2D eigenvalue weighted by Gasteiger charge is 2.57. The van der Waals surface area contributed by atoms with Gasteiger partial charge in [0.15, 0.2) is 0 Å². The number of allylic oxidation sites excluding steroid dienone is 2. The number of morpholine rings is 1. The van der Waals surface area contributed by atoms with Crippen LogP contribution in [0.2, 0.25) is 0 Å². The summed E-state index contributed by atoms with van der Waals surface area (Å²) < 4.78 is 6.31. The normalized spacial score (nSPS) is 31.8. The SMILES string of the molecule is CC1(C)CN(CC(=O)N2CCCCC2)[C@H](C23Nc4cnccc4C2C=C(Cl)C=C3N)CO1. The standard InChI is InChI=1S/C24H32ClN5O2/c1-23(2)15-30(13-22(31)29-8-4-3-5-9-29)21(14-32-23)24-18(10-16(25)11-20(24)26)17-6-7-27-12-19(17)28-24/h6-7,10-12,18,21,28H,3-5,8-9,13-15,26H2,1-2H3/t18?,21-,24?/m0/s1. The second-order valence-corrected chi connectivity index (χ2v) is 10.5. The van der Waals surface area contributed by atoms with Crippen molar-refractivity contribution in [2.24, 2.45) is 5.73 Å². The minimum atomic E-state index is -0.650. The number of amides is 1. The van der Waals surface area contributed by atoms with Crippen molar-refractivity contribution in [3.05, 3.63) is 46.9 Å². The molecule has 3 atom stereocenters. The minimum absolute atomic E-state index is 0.0691. The van der Waals surface area contributed by atoms with Crippen LogP contribution in [0.3, 0.4) is 0 Å². The molecule has 1 amide bonds. The molecule has 32 heavy (non-hydrogen) atoms. The molecule has 4 heterocycles. The molecule has 172 valence electrons. The molecule has 8 heteroatoms. The highest BCUT2D eigenvalue weighted by molar-refractivity contribution is 6.31. The Bertz CT molecular complexity index is 971. The van der Waals surface area contributed by atoms with Gasteiger partial charge in [-0.1, -0.05) is 17.7 Å². The quantitative estimate of drug-likeness (QED) is 0.726. The van der Waals surface area contributed by atoms with E-state index in [2.05, 4.69) is 35.1 Å². The number of likely N-dealkylation sites (tertiary alicyclic amines) is 1. The summed E-state index contributed by atoms with van der Waals surface area (Å²) in [6.07, 6.45) is 10.9. The van der Waals surface area contributed by atoms with Crippen molar-refractivity contribution < 1.29 is 9.53 Å². The molecule has 3 N–H and O–H groups in total. The fraction of sp³-hybridized carbons (Fsp3) is 0.583. The number of carbonyl (C=O) groups is 1. The fourth-order valence-electron chi connectivity index (χ4n) is 5.82. The van der Waals surface area contributed by atoms with E-state index in [1.165, 1.54) is 6.42 Å². The van der Waals surface area contributed by atoms with Gasteiger partial charge in [-0.25, -0.2) is 0 Å². The van der Waals surface area contributed by atoms with Crippen LogP contribution in [0, 0.1) is 0 Å². The lowest BCUT2D eigenvalue weighted by Gasteiger charge is -2.53. The van der Waals surface area contributed by atoms with Gasteiger partial charge in [0.2, 0.25) is 5.91 Å². The van der Waals surface area contributed by atoms with E-state index >= 15 is 0 Å². The van der Waals surface area contributed by atoms with Crippen LogP contribution in [0.15, 0.2) is 41.3 Å². The number of rotatable bonds is 3. The van der Waals surface area contributed by atoms with E-state index in [9.17, 15) is 4.79 Å². The van der Waals surface area contributed by atoms with Crippen LogP contribution in [0.1, 0.15) is 44.6 Å². The Morgan fingerprint density at radius 2 is 2.12 bits per heavy atom. The van der Waals surface area contributed by atoms with E-state index < -0.39 is 5.54 Å². The van der Waals surface area contributed by atoms with Gasteiger partial charge in [-0.15, -0.1) is 0 Å². The Morgan fingerprint density at radius 1 is 1.34 bits per heavy atom. The molecular formula is C24H32ClN5O2. The maximum absolute atomic E-state index is 13.3. The second kappa shape index (κ2) is 8.04. The number of pyridine rings is 1. The Morgan fingerprint density at radius 3 is 2.91 bits per heavy atom. The van der Waals surface area contributed by atoms with Gasteiger partial charge in [-0.2, -0.15) is 0 Å². The number of nitrogens with one attached hydrogen (secondary N) is 1. The first-order valence-corrected chi connectivity index (χ1v) is 11.9. The molecule has 2 fully saturated rings. The summed E-state index contributed by atoms with van der Waals surface area (Å²) >= 11 is 6.47. The molecule has 3 aliphatic heterocycles. The highest BCUT2D eigenvalue weighted by Crippen LogP contribution is 2.52. The first-order chi connectivity index (χ1) is 15.3. The summed E-state index contributed by atoms with van der Waals surface area (Å²) in [5.41, 5.74) is 8.46. The summed E-state index contributed by atoms with van der Waals surface area (Å²) in [6, 6.07) is 1.88. The van der Waals surface area contributed by atoms with Crippen LogP contribution < -0.4 is 11.1 Å². The number of ether oxygens (including phenoxy) is 1. The van der Waals surface area contributed by atoms with Crippen LogP contribution in [-0.4, -0.2) is 70.7 Å². The zero-order valence-electron chi connectivity index (χ0n) is 18.8. The van der Waals surface area contributed by atoms with Gasteiger partial charge in [-0.3, -0.25) is 14.7 Å². The molecule has 0 spiro atoms. The summed E-state index contributed by atoms with van der Waals surface area (Å²) in [5, 5.41) is 4.32. The number of halogens is 1. The Balaban J connectivity index is 1.51. The Kier molecular flexibility index (Phi) is 5.47. The highest BCUT2D eigenvalue weighted by atomic mass is 35.5. The second-order valence-electron chi connectivity index (χ2n) is 10.0. The molecule has 7 nitrogen and oxygen atoms in total. The fourth-order valence-corrected chi connectivity index (χ4v) is 6.06. The number of hydrogen-bond acceptors (Lipinski definition) is 6. The molecule has 0 aromatic carbocycles. The lowest BCUT2D eigenvalue weighted by molar-refractivity contribution is -0.147. The third-order valence-electron chi connectivity index (χ3n) is 7.35. The van der Waals surface area contributed by atoms with E-state index in [1.807, 2.05) is 23.2 Å². The largest absolute Gasteiger partial charge is 0.400 e. The molecule has 2 unspecified atom stereocenters. The van der Waals surface area contributed by atoms with Gasteiger partial charge < -0.3 is 20.7 Å². The Labute approximate surface area is 194 Å². The predicted octanol–water partition coefficient (Wildman–Crippen LogP) is 2.80. The molecular weight excluding hydrogens is 426 g/mol. The van der Waals surface area contributed by atoms with Crippen molar-refractivity contribution in [3.63, 3.8) is 0 Å². The molecule has 4 aliphatic rings. The number of nitrogens with two attached hydrogens (primary N) is 1. The molecule has 1 aromatic heterocycles. The van der Waals surface area contributed by atoms with Crippen molar-refractivity contribution >= 4 is 23.2 Å². The monoisotopic (exact) mass is 457 g/mol. The van der Waals surface area contributed by atoms with Crippen LogP contribution in [0.5, 0.6) is 0 Å². The van der Waals surface area contributed by atoms with E-state index in [0.29, 0.717) is 30.4 Å². The third-order valence-corrected chi connectivity index (χ3v) is 7.58. The maximum Gasteiger partial charge on any atom is 0.236 e. The predicted molar refractivity (Wildman–Crippen MR) is 125 cm³/mol. The van der Waals surface area contributed by atoms with E-state index in [1.54, 1.807) is 6.20 Å². The van der Waals surface area contributed by atoms with Gasteiger partial charge >= 0.3 is 0 Å². The van der Waals surface area contributed by atoms with E-state index in [-0.39, 0.29) is 23.5 Å². The first kappa shape index (κ1) is 21.7. The first-order valence-electron chi connectivity index (χ1n) is 11.5. The van der Waals surface area contributed by atoms with Gasteiger partial charge in [-0.05, 0) is 50.8 Å². The average molecular weight is 458 g/mol. The number of nitrogens with zero attached hydrogens (tertiary/aromatic N) is 3. The number of piperidine rings is 1. The van der Waals surface area contributed by atoms with Gasteiger partial charge in [0.05, 0.1) is 36.7 Å². The van der Waals surface area contributed by atoms with Crippen molar-refractivity contribution in [1.82, 2.24) is 14.8 Å². The minimum Gasteiger partial charge on any atom is -0.400 e. The maximum atomic E-state index is 13.3. The van der Waals surface area contributed by atoms with Crippen molar-refractivity contribution in [1.29, 1.82) is 0 Å². The zero-order valence-corrected chi connectivity index (χ0v) is 19.6. The lowest BCUT2D eigenvalue weighted by atomic mass is 9.71. The van der Waals surface area contributed by atoms with Crippen molar-refractivity contribution in [3.8, 4) is 0 Å². The topological polar surface area (TPSA) is 83.7 Å². The molecule has 2 saturated heterocycles. The van der Waals surface area contributed by atoms with Crippen LogP contribution >= 0.6 is 11.6 Å². The average Bonchev–Trinajstić information content (AvgIpc) is 3.09. The number of fused-ring (bicyclic) bond motifs is 3. The number of carbonyl (C=O) groups excluding carboxylic acids is 1. The number of hydrogen-bond donors (Lipinski definition) is 2. The number of anilines is 1. The van der Waals surface area contributed by atoms with Crippen LogP contribution in [-0.2, 0) is 9.53 Å². The Hall–Kier alpha value is -2.09. The molecule has 5 rings (SSSR count). The van der Waals surface area contributed by atoms with Crippen molar-refractivity contribution in [2.45, 2.75) is 56.2 Å². The van der Waals surface area contributed by atoms with Gasteiger partial charge in [0, 0.05) is 42.5 Å². The lowest BCUT2D eigenvalue weighted by Crippen LogP contribution is -2.68. The zero-order chi connectivity index (χ0) is 22.5. The number of aromatic nitrogens is 1. The molecule has 0 bridgehead atoms. The molecule has 0 saturated carbocycles. The van der Waals surface area contributed by atoms with Gasteiger partial charge in [0.25, 0.3) is 0 Å². The van der Waals surface area contributed by atoms with E-state index in [4.69, 9.17) is 22.1 Å². The van der Waals surface area contributed by atoms with Crippen LogP contribution in [0.25, 0.3) is 0 Å². The van der Waals surface area contributed by atoms with Gasteiger partial charge in [0.1, 0.15) is 5.54 Å². The molecule has 1 aliphatic carbocycles. The summed E-state index contributed by atoms with van der Waals surface area (Å²) in [5.74, 6) is 0.116. The van der Waals surface area contributed by atoms with Crippen molar-refractivity contribution in [2.75, 3.05) is 38.1 Å². The summed E-state index contributed by atoms with van der Waals surface area (Å²) in [4.78, 5) is 21.9. The summed E-state index contributed by atoms with van der Waals surface area (Å²) in [6.45, 7) is 7.31. The third kappa shape index (κ3) is 3.60. The summed E-state index contributed by atoms with van der Waals surface area (Å²) in [7, 11) is 0. The van der Waals surface area contributed by atoms with E-state index in [0.717, 1.165) is 37.2 Å².